The van der Waals surface area contributed by atoms with Crippen LogP contribution in [-0.4, -0.2) is 30.7 Å². The van der Waals surface area contributed by atoms with Crippen LogP contribution in [0, 0.1) is 5.92 Å². The highest BCUT2D eigenvalue weighted by Crippen LogP contribution is 2.27. The Morgan fingerprint density at radius 2 is 1.79 bits per heavy atom. The summed E-state index contributed by atoms with van der Waals surface area (Å²) in [5.74, 6) is 2.07. The van der Waals surface area contributed by atoms with Crippen molar-refractivity contribution in [1.82, 2.24) is 15.3 Å². The van der Waals surface area contributed by atoms with Crippen LogP contribution in [0.15, 0.2) is 6.33 Å². The second kappa shape index (κ2) is 7.28. The first-order chi connectivity index (χ1) is 9.35. The zero-order valence-corrected chi connectivity index (χ0v) is 11.8. The van der Waals surface area contributed by atoms with Crippen LogP contribution in [0.3, 0.4) is 0 Å². The van der Waals surface area contributed by atoms with Gasteiger partial charge in [0.05, 0.1) is 19.8 Å². The normalized spacial score (nSPS) is 15.7. The van der Waals surface area contributed by atoms with E-state index in [0.717, 1.165) is 18.0 Å². The molecule has 0 radical (unpaired) electrons. The Morgan fingerprint density at radius 1 is 1.16 bits per heavy atom. The number of rotatable bonds is 7. The van der Waals surface area contributed by atoms with Crippen LogP contribution in [0.1, 0.15) is 37.7 Å². The molecule has 0 saturated heterocycles. The molecular weight excluding hydrogens is 242 g/mol. The number of methoxy groups -OCH3 is 2. The molecule has 0 unspecified atom stereocenters. The van der Waals surface area contributed by atoms with Gasteiger partial charge in [0.25, 0.3) is 0 Å². The van der Waals surface area contributed by atoms with Crippen LogP contribution in [0.4, 0.5) is 0 Å². The predicted octanol–water partition coefficient (Wildman–Crippen LogP) is 2.16. The fraction of sp³-hybridized carbons (Fsp3) is 0.714. The van der Waals surface area contributed by atoms with Crippen molar-refractivity contribution in [2.75, 3.05) is 20.8 Å². The molecule has 1 N–H and O–H groups in total. The van der Waals surface area contributed by atoms with E-state index in [1.807, 2.05) is 0 Å². The Hall–Kier alpha value is -1.36. The second-order valence-corrected chi connectivity index (χ2v) is 4.99. The molecule has 0 atom stereocenters. The third-order valence-corrected chi connectivity index (χ3v) is 3.76. The minimum absolute atomic E-state index is 0.584. The molecule has 1 aliphatic carbocycles. The van der Waals surface area contributed by atoms with E-state index in [1.54, 1.807) is 14.2 Å². The van der Waals surface area contributed by atoms with Crippen molar-refractivity contribution in [2.24, 2.45) is 5.92 Å². The molecule has 0 aliphatic heterocycles. The van der Waals surface area contributed by atoms with Crippen molar-refractivity contribution >= 4 is 0 Å². The van der Waals surface area contributed by atoms with Gasteiger partial charge in [0.2, 0.25) is 11.8 Å². The molecular formula is C14H23N3O2. The summed E-state index contributed by atoms with van der Waals surface area (Å²) in [5, 5.41) is 3.44. The molecule has 1 aromatic rings. The molecule has 5 nitrogen and oxygen atoms in total. The third-order valence-electron chi connectivity index (χ3n) is 3.76. The molecule has 5 heteroatoms. The van der Waals surface area contributed by atoms with Gasteiger partial charge in [0, 0.05) is 6.54 Å². The lowest BCUT2D eigenvalue weighted by Crippen LogP contribution is -2.18. The Kier molecular flexibility index (Phi) is 5.39. The van der Waals surface area contributed by atoms with E-state index in [1.165, 1.54) is 38.4 Å². The lowest BCUT2D eigenvalue weighted by molar-refractivity contribution is 0.358. The Labute approximate surface area is 114 Å². The molecule has 1 aromatic heterocycles. The van der Waals surface area contributed by atoms with Gasteiger partial charge in [-0.3, -0.25) is 0 Å². The van der Waals surface area contributed by atoms with E-state index >= 15 is 0 Å². The van der Waals surface area contributed by atoms with Crippen molar-refractivity contribution in [3.8, 4) is 11.8 Å². The number of hydrogen-bond donors (Lipinski definition) is 1. The van der Waals surface area contributed by atoms with Crippen LogP contribution < -0.4 is 14.8 Å². The zero-order valence-electron chi connectivity index (χ0n) is 11.8. The summed E-state index contributed by atoms with van der Waals surface area (Å²) < 4.78 is 10.5. The van der Waals surface area contributed by atoms with Gasteiger partial charge in [-0.2, -0.15) is 0 Å². The van der Waals surface area contributed by atoms with Gasteiger partial charge in [0.1, 0.15) is 6.33 Å². The minimum Gasteiger partial charge on any atom is -0.481 e. The second-order valence-electron chi connectivity index (χ2n) is 4.99. The van der Waals surface area contributed by atoms with Crippen LogP contribution in [0.25, 0.3) is 0 Å². The van der Waals surface area contributed by atoms with E-state index in [0.29, 0.717) is 18.3 Å². The monoisotopic (exact) mass is 265 g/mol. The smallest absolute Gasteiger partial charge is 0.224 e. The van der Waals surface area contributed by atoms with Gasteiger partial charge in [-0.05, 0) is 18.9 Å². The SMILES string of the molecule is COc1ncnc(OC)c1CNCCC1CCCC1. The van der Waals surface area contributed by atoms with Crippen molar-refractivity contribution in [1.29, 1.82) is 0 Å². The quantitative estimate of drug-likeness (QED) is 0.766. The lowest BCUT2D eigenvalue weighted by atomic mass is 10.0. The Balaban J connectivity index is 1.83. The van der Waals surface area contributed by atoms with E-state index < -0.39 is 0 Å². The first-order valence-electron chi connectivity index (χ1n) is 6.97. The van der Waals surface area contributed by atoms with Gasteiger partial charge in [-0.15, -0.1) is 0 Å². The molecule has 0 amide bonds. The molecule has 1 heterocycles. The predicted molar refractivity (Wildman–Crippen MR) is 73.4 cm³/mol. The number of ether oxygens (including phenoxy) is 2. The summed E-state index contributed by atoms with van der Waals surface area (Å²) in [6.45, 7) is 1.70. The molecule has 0 aromatic carbocycles. The van der Waals surface area contributed by atoms with E-state index in [2.05, 4.69) is 15.3 Å². The van der Waals surface area contributed by atoms with Crippen molar-refractivity contribution in [3.05, 3.63) is 11.9 Å². The zero-order chi connectivity index (χ0) is 13.5. The summed E-state index contributed by atoms with van der Waals surface area (Å²) in [4.78, 5) is 8.22. The number of nitrogens with one attached hydrogen (secondary N) is 1. The van der Waals surface area contributed by atoms with Crippen molar-refractivity contribution in [3.63, 3.8) is 0 Å². The molecule has 1 fully saturated rings. The van der Waals surface area contributed by atoms with Crippen LogP contribution in [-0.2, 0) is 6.54 Å². The molecule has 1 saturated carbocycles. The standard InChI is InChI=1S/C14H23N3O2/c1-18-13-12(14(19-2)17-10-16-13)9-15-8-7-11-5-3-4-6-11/h10-11,15H,3-9H2,1-2H3. The highest BCUT2D eigenvalue weighted by Gasteiger charge is 2.15. The molecule has 19 heavy (non-hydrogen) atoms. The summed E-state index contributed by atoms with van der Waals surface area (Å²) in [7, 11) is 3.23. The van der Waals surface area contributed by atoms with Gasteiger partial charge >= 0.3 is 0 Å². The van der Waals surface area contributed by atoms with Crippen LogP contribution in [0.2, 0.25) is 0 Å². The average Bonchev–Trinajstić information content (AvgIpc) is 2.96. The summed E-state index contributed by atoms with van der Waals surface area (Å²) in [5.41, 5.74) is 0.888. The number of aromatic nitrogens is 2. The molecule has 1 aliphatic rings. The topological polar surface area (TPSA) is 56.3 Å². The van der Waals surface area contributed by atoms with Gasteiger partial charge in [-0.1, -0.05) is 25.7 Å². The number of hydrogen-bond acceptors (Lipinski definition) is 5. The van der Waals surface area contributed by atoms with Crippen molar-refractivity contribution < 1.29 is 9.47 Å². The average molecular weight is 265 g/mol. The number of nitrogens with zero attached hydrogens (tertiary/aromatic N) is 2. The Bertz CT molecular complexity index is 370. The fourth-order valence-electron chi connectivity index (χ4n) is 2.70. The maximum atomic E-state index is 5.25. The van der Waals surface area contributed by atoms with E-state index in [9.17, 15) is 0 Å². The third kappa shape index (κ3) is 3.80. The lowest BCUT2D eigenvalue weighted by Gasteiger charge is -2.13. The fourth-order valence-corrected chi connectivity index (χ4v) is 2.70. The van der Waals surface area contributed by atoms with E-state index in [-0.39, 0.29) is 0 Å². The minimum atomic E-state index is 0.584. The highest BCUT2D eigenvalue weighted by molar-refractivity contribution is 5.34. The Morgan fingerprint density at radius 3 is 2.37 bits per heavy atom. The molecule has 2 rings (SSSR count). The van der Waals surface area contributed by atoms with Crippen molar-refractivity contribution in [2.45, 2.75) is 38.6 Å². The molecule has 0 spiro atoms. The summed E-state index contributed by atoms with van der Waals surface area (Å²) in [6, 6.07) is 0. The molecule has 106 valence electrons. The summed E-state index contributed by atoms with van der Waals surface area (Å²) >= 11 is 0. The highest BCUT2D eigenvalue weighted by atomic mass is 16.5. The molecule has 0 bridgehead atoms. The summed E-state index contributed by atoms with van der Waals surface area (Å²) in [6.07, 6.45) is 8.29. The van der Waals surface area contributed by atoms with E-state index in [4.69, 9.17) is 9.47 Å². The first kappa shape index (κ1) is 14.1. The maximum absolute atomic E-state index is 5.25. The van der Waals surface area contributed by atoms with Gasteiger partial charge in [0.15, 0.2) is 0 Å². The maximum Gasteiger partial charge on any atom is 0.224 e. The van der Waals surface area contributed by atoms with Gasteiger partial charge < -0.3 is 14.8 Å². The van der Waals surface area contributed by atoms with Crippen LogP contribution in [0.5, 0.6) is 11.8 Å². The largest absolute Gasteiger partial charge is 0.481 e. The van der Waals surface area contributed by atoms with Gasteiger partial charge in [-0.25, -0.2) is 9.97 Å². The first-order valence-corrected chi connectivity index (χ1v) is 6.97. The van der Waals surface area contributed by atoms with Crippen LogP contribution >= 0.6 is 0 Å².